The van der Waals surface area contributed by atoms with Crippen molar-refractivity contribution in [2.45, 2.75) is 13.3 Å². The Hall–Kier alpha value is -2.94. The van der Waals surface area contributed by atoms with E-state index in [1.54, 1.807) is 23.7 Å². The molecule has 1 fully saturated rings. The molecule has 0 N–H and O–H groups in total. The van der Waals surface area contributed by atoms with Gasteiger partial charge in [0.05, 0.1) is 31.0 Å². The second-order valence-corrected chi connectivity index (χ2v) is 8.89. The Balaban J connectivity index is 1.38. The van der Waals surface area contributed by atoms with Crippen LogP contribution in [0, 0.1) is 6.92 Å². The number of Topliss-reactive ketones (excluding diaryl/α,β-unsaturated/α-hetero) is 1. The van der Waals surface area contributed by atoms with E-state index in [0.717, 1.165) is 61.0 Å². The maximum Gasteiger partial charge on any atom is 0.195 e. The summed E-state index contributed by atoms with van der Waals surface area (Å²) in [6.45, 7) is 7.17. The Bertz CT molecular complexity index is 1150. The summed E-state index contributed by atoms with van der Waals surface area (Å²) in [7, 11) is 0. The van der Waals surface area contributed by atoms with Gasteiger partial charge in [0.25, 0.3) is 0 Å². The number of benzene rings is 1. The third-order valence-electron chi connectivity index (χ3n) is 5.80. The molecule has 2 aromatic heterocycles. The minimum Gasteiger partial charge on any atom is -0.494 e. The summed E-state index contributed by atoms with van der Waals surface area (Å²) >= 11 is 1.57. The predicted molar refractivity (Wildman–Crippen MR) is 123 cm³/mol. The third kappa shape index (κ3) is 4.09. The summed E-state index contributed by atoms with van der Waals surface area (Å²) in [5, 5.41) is 0. The lowest BCUT2D eigenvalue weighted by Crippen LogP contribution is -2.37. The number of allylic oxidation sites excluding steroid dienone is 1. The van der Waals surface area contributed by atoms with Gasteiger partial charge in [-0.05, 0) is 37.1 Å². The van der Waals surface area contributed by atoms with Gasteiger partial charge < -0.3 is 9.47 Å². The minimum absolute atomic E-state index is 0.0454. The van der Waals surface area contributed by atoms with E-state index in [2.05, 4.69) is 19.9 Å². The molecule has 7 nitrogen and oxygen atoms in total. The summed E-state index contributed by atoms with van der Waals surface area (Å²) in [5.41, 5.74) is 6.30. The number of rotatable bonds is 7. The molecule has 0 unspecified atom stereocenters. The molecule has 2 aliphatic rings. The molecule has 5 rings (SSSR count). The zero-order valence-corrected chi connectivity index (χ0v) is 18.7. The summed E-state index contributed by atoms with van der Waals surface area (Å²) in [6.07, 6.45) is 5.75. The van der Waals surface area contributed by atoms with Crippen molar-refractivity contribution in [3.05, 3.63) is 69.7 Å². The number of hydrogen-bond donors (Lipinski definition) is 0. The molecular weight excluding hydrogens is 424 g/mol. The Morgan fingerprint density at radius 2 is 1.94 bits per heavy atom. The molecule has 3 heterocycles. The Morgan fingerprint density at radius 1 is 1.12 bits per heavy atom. The molecule has 1 aliphatic heterocycles. The van der Waals surface area contributed by atoms with Crippen LogP contribution in [0.5, 0.6) is 5.75 Å². The van der Waals surface area contributed by atoms with Crippen molar-refractivity contribution >= 4 is 28.3 Å². The molecule has 164 valence electrons. The summed E-state index contributed by atoms with van der Waals surface area (Å²) in [4.78, 5) is 29.7. The highest BCUT2D eigenvalue weighted by Gasteiger charge is 2.33. The number of carbonyl (C=O) groups excluding carboxylic acids is 1. The van der Waals surface area contributed by atoms with E-state index in [1.807, 2.05) is 30.6 Å². The molecule has 1 aromatic carbocycles. The van der Waals surface area contributed by atoms with Crippen LogP contribution < -0.4 is 4.74 Å². The largest absolute Gasteiger partial charge is 0.494 e. The number of nitrogens with zero attached hydrogens (tertiary/aromatic N) is 4. The second-order valence-electron chi connectivity index (χ2n) is 7.83. The summed E-state index contributed by atoms with van der Waals surface area (Å²) in [6, 6.07) is 5.76. The quantitative estimate of drug-likeness (QED) is 0.512. The van der Waals surface area contributed by atoms with Gasteiger partial charge in [0.1, 0.15) is 12.1 Å². The van der Waals surface area contributed by atoms with Crippen molar-refractivity contribution in [3.63, 3.8) is 0 Å². The van der Waals surface area contributed by atoms with Crippen LogP contribution in [0.3, 0.4) is 0 Å². The number of thiazole rings is 1. The molecule has 0 bridgehead atoms. The molecule has 0 radical (unpaired) electrons. The third-order valence-corrected chi connectivity index (χ3v) is 6.56. The van der Waals surface area contributed by atoms with Gasteiger partial charge in [-0.15, -0.1) is 11.3 Å². The average Bonchev–Trinajstić information content (AvgIpc) is 3.38. The fourth-order valence-corrected chi connectivity index (χ4v) is 4.78. The van der Waals surface area contributed by atoms with Crippen LogP contribution in [0.25, 0.3) is 11.1 Å². The average molecular weight is 449 g/mol. The first-order valence-corrected chi connectivity index (χ1v) is 11.6. The van der Waals surface area contributed by atoms with Gasteiger partial charge in [0, 0.05) is 59.2 Å². The van der Waals surface area contributed by atoms with Crippen molar-refractivity contribution < 1.29 is 14.3 Å². The van der Waals surface area contributed by atoms with E-state index in [1.165, 1.54) is 6.33 Å². The lowest BCUT2D eigenvalue weighted by atomic mass is 9.99. The van der Waals surface area contributed by atoms with E-state index in [-0.39, 0.29) is 5.78 Å². The fourth-order valence-electron chi connectivity index (χ4n) is 4.20. The normalized spacial score (nSPS) is 16.5. The number of fused-ring (bicyclic) bond motifs is 1. The fraction of sp³-hybridized carbons (Fsp3) is 0.333. The number of ether oxygens (including phenoxy) is 2. The molecule has 0 amide bonds. The van der Waals surface area contributed by atoms with E-state index in [9.17, 15) is 4.79 Å². The predicted octanol–water partition coefficient (Wildman–Crippen LogP) is 3.50. The maximum atomic E-state index is 13.5. The van der Waals surface area contributed by atoms with Crippen LogP contribution in [0.15, 0.2) is 42.4 Å². The van der Waals surface area contributed by atoms with Crippen molar-refractivity contribution in [2.24, 2.45) is 0 Å². The van der Waals surface area contributed by atoms with E-state index in [4.69, 9.17) is 9.47 Å². The standard InChI is InChI=1S/C24H24N4O3S/c1-16-23(27-15-32-16)22-19-4-3-18(31-8-2-5-28-6-9-30-10-7-28)11-20(19)24(29)21(22)17-12-25-14-26-13-17/h3-4,11-15H,2,5-10H2,1H3. The topological polar surface area (TPSA) is 77.4 Å². The number of aryl methyl sites for hydroxylation is 1. The van der Waals surface area contributed by atoms with Gasteiger partial charge in [-0.3, -0.25) is 9.69 Å². The highest BCUT2D eigenvalue weighted by atomic mass is 32.1. The molecule has 0 saturated carbocycles. The van der Waals surface area contributed by atoms with Crippen molar-refractivity contribution in [3.8, 4) is 5.75 Å². The SMILES string of the molecule is Cc1scnc1C1=C(c2cncnc2)C(=O)c2cc(OCCCN3CCOCC3)ccc21. The van der Waals surface area contributed by atoms with Crippen LogP contribution >= 0.6 is 11.3 Å². The van der Waals surface area contributed by atoms with Gasteiger partial charge in [-0.1, -0.05) is 0 Å². The van der Waals surface area contributed by atoms with Gasteiger partial charge in [-0.2, -0.15) is 0 Å². The molecule has 32 heavy (non-hydrogen) atoms. The minimum atomic E-state index is -0.0454. The van der Waals surface area contributed by atoms with Gasteiger partial charge in [-0.25, -0.2) is 15.0 Å². The highest BCUT2D eigenvalue weighted by molar-refractivity contribution is 7.09. The second kappa shape index (κ2) is 9.28. The maximum absolute atomic E-state index is 13.5. The smallest absolute Gasteiger partial charge is 0.195 e. The van der Waals surface area contributed by atoms with Crippen molar-refractivity contribution in [2.75, 3.05) is 39.5 Å². The first kappa shape index (κ1) is 20.9. The number of carbonyl (C=O) groups is 1. The lowest BCUT2D eigenvalue weighted by Gasteiger charge is -2.26. The summed E-state index contributed by atoms with van der Waals surface area (Å²) in [5.74, 6) is 0.662. The van der Waals surface area contributed by atoms with Crippen molar-refractivity contribution in [1.82, 2.24) is 19.9 Å². The molecule has 8 heteroatoms. The molecule has 3 aromatic rings. The van der Waals surface area contributed by atoms with Gasteiger partial charge in [0.2, 0.25) is 0 Å². The number of hydrogen-bond acceptors (Lipinski definition) is 8. The monoisotopic (exact) mass is 448 g/mol. The Kier molecular flexibility index (Phi) is 6.07. The van der Waals surface area contributed by atoms with Crippen molar-refractivity contribution in [1.29, 1.82) is 0 Å². The molecule has 1 aliphatic carbocycles. The Morgan fingerprint density at radius 3 is 2.69 bits per heavy atom. The molecular formula is C24H24N4O3S. The zero-order chi connectivity index (χ0) is 21.9. The van der Waals surface area contributed by atoms with Crippen LogP contribution in [0.2, 0.25) is 0 Å². The van der Waals surface area contributed by atoms with Gasteiger partial charge in [0.15, 0.2) is 5.78 Å². The number of morpholine rings is 1. The van der Waals surface area contributed by atoms with Crippen LogP contribution in [0.1, 0.15) is 38.5 Å². The van der Waals surface area contributed by atoms with E-state index >= 15 is 0 Å². The zero-order valence-electron chi connectivity index (χ0n) is 17.9. The molecule has 0 spiro atoms. The highest BCUT2D eigenvalue weighted by Crippen LogP contribution is 2.43. The number of aromatic nitrogens is 3. The Labute approximate surface area is 190 Å². The van der Waals surface area contributed by atoms with E-state index in [0.29, 0.717) is 29.1 Å². The first-order valence-electron chi connectivity index (χ1n) is 10.7. The summed E-state index contributed by atoms with van der Waals surface area (Å²) < 4.78 is 11.4. The lowest BCUT2D eigenvalue weighted by molar-refractivity contribution is 0.0358. The van der Waals surface area contributed by atoms with Crippen LogP contribution in [0.4, 0.5) is 0 Å². The van der Waals surface area contributed by atoms with Crippen LogP contribution in [-0.2, 0) is 4.74 Å². The molecule has 0 atom stereocenters. The van der Waals surface area contributed by atoms with Gasteiger partial charge >= 0.3 is 0 Å². The first-order chi connectivity index (χ1) is 15.7. The van der Waals surface area contributed by atoms with E-state index < -0.39 is 0 Å². The number of ketones is 1. The molecule has 1 saturated heterocycles. The van der Waals surface area contributed by atoms with Crippen LogP contribution in [-0.4, -0.2) is 65.1 Å².